The van der Waals surface area contributed by atoms with Gasteiger partial charge in [0.1, 0.15) is 5.75 Å². The minimum Gasteiger partial charge on any atom is -0.471 e. The molecule has 0 aliphatic carbocycles. The first-order chi connectivity index (χ1) is 10.3. The number of alkyl halides is 3. The van der Waals surface area contributed by atoms with Crippen LogP contribution in [0.2, 0.25) is 0 Å². The number of nitrogens with two attached hydrogens (primary N) is 1. The Morgan fingerprint density at radius 3 is 2.73 bits per heavy atom. The van der Waals surface area contributed by atoms with E-state index in [0.717, 1.165) is 10.7 Å². The van der Waals surface area contributed by atoms with Gasteiger partial charge in [0.2, 0.25) is 0 Å². The van der Waals surface area contributed by atoms with E-state index in [4.69, 9.17) is 10.6 Å². The largest absolute Gasteiger partial charge is 0.471 e. The molecule has 0 fully saturated rings. The zero-order valence-corrected chi connectivity index (χ0v) is 11.5. The number of benzene rings is 1. The molecule has 118 valence electrons. The number of halogens is 3. The number of ether oxygens (including phenoxy) is 1. The number of carbonyl (C=O) groups is 1. The number of hydrogen-bond donors (Lipinski definition) is 2. The van der Waals surface area contributed by atoms with Crippen LogP contribution in [0.5, 0.6) is 5.75 Å². The van der Waals surface area contributed by atoms with Crippen molar-refractivity contribution in [1.29, 1.82) is 0 Å². The van der Waals surface area contributed by atoms with Crippen LogP contribution in [-0.2, 0) is 12.9 Å². The van der Waals surface area contributed by atoms with Crippen molar-refractivity contribution in [1.82, 2.24) is 15.2 Å². The molecule has 0 spiro atoms. The second-order valence-electron chi connectivity index (χ2n) is 4.44. The molecule has 0 unspecified atom stereocenters. The molecule has 0 aliphatic rings. The van der Waals surface area contributed by atoms with Crippen LogP contribution in [0, 0.1) is 6.92 Å². The molecule has 0 bridgehead atoms. The van der Waals surface area contributed by atoms with Gasteiger partial charge in [0.15, 0.2) is 12.4 Å². The Hall–Kier alpha value is -2.55. The molecule has 0 radical (unpaired) electrons. The molecule has 2 aromatic rings. The van der Waals surface area contributed by atoms with Gasteiger partial charge in [-0.15, -0.1) is 0 Å². The summed E-state index contributed by atoms with van der Waals surface area (Å²) in [7, 11) is 0. The Labute approximate surface area is 123 Å². The van der Waals surface area contributed by atoms with Crippen molar-refractivity contribution in [2.45, 2.75) is 19.8 Å². The summed E-state index contributed by atoms with van der Waals surface area (Å²) in [5.74, 6) is 4.83. The van der Waals surface area contributed by atoms with Crippen molar-refractivity contribution >= 4 is 5.91 Å². The van der Waals surface area contributed by atoms with Crippen molar-refractivity contribution in [3.63, 3.8) is 0 Å². The summed E-state index contributed by atoms with van der Waals surface area (Å²) in [4.78, 5) is 11.4. The molecule has 0 atom stereocenters. The summed E-state index contributed by atoms with van der Waals surface area (Å²) >= 11 is 0. The van der Waals surface area contributed by atoms with Crippen LogP contribution in [0.15, 0.2) is 30.3 Å². The first kappa shape index (κ1) is 15.8. The number of aryl methyl sites for hydroxylation is 1. The monoisotopic (exact) mass is 314 g/mol. The topological polar surface area (TPSA) is 82.2 Å². The van der Waals surface area contributed by atoms with Crippen molar-refractivity contribution in [3.05, 3.63) is 47.3 Å². The van der Waals surface area contributed by atoms with E-state index in [1.54, 1.807) is 12.1 Å². The highest BCUT2D eigenvalue weighted by Gasteiger charge is 2.34. The van der Waals surface area contributed by atoms with E-state index in [1.165, 1.54) is 19.1 Å². The maximum atomic E-state index is 12.6. The van der Waals surface area contributed by atoms with Crippen LogP contribution >= 0.6 is 0 Å². The number of aromatic nitrogens is 2. The molecular formula is C13H13F3N4O2. The van der Waals surface area contributed by atoms with Crippen LogP contribution in [0.25, 0.3) is 0 Å². The van der Waals surface area contributed by atoms with E-state index in [2.05, 4.69) is 5.10 Å². The van der Waals surface area contributed by atoms with Crippen molar-refractivity contribution in [3.8, 4) is 5.75 Å². The third-order valence-electron chi connectivity index (χ3n) is 2.85. The zero-order chi connectivity index (χ0) is 16.3. The lowest BCUT2D eigenvalue weighted by molar-refractivity contribution is -0.141. The highest BCUT2D eigenvalue weighted by Crippen LogP contribution is 2.28. The van der Waals surface area contributed by atoms with Gasteiger partial charge < -0.3 is 4.74 Å². The van der Waals surface area contributed by atoms with Gasteiger partial charge in [-0.25, -0.2) is 10.5 Å². The van der Waals surface area contributed by atoms with Gasteiger partial charge in [-0.3, -0.25) is 10.2 Å². The fourth-order valence-electron chi connectivity index (χ4n) is 1.73. The van der Waals surface area contributed by atoms with Crippen LogP contribution in [0.3, 0.4) is 0 Å². The fourth-order valence-corrected chi connectivity index (χ4v) is 1.73. The molecular weight excluding hydrogens is 301 g/mol. The number of nitrogens with zero attached hydrogens (tertiary/aromatic N) is 2. The van der Waals surface area contributed by atoms with E-state index in [9.17, 15) is 18.0 Å². The lowest BCUT2D eigenvalue weighted by atomic mass is 10.2. The summed E-state index contributed by atoms with van der Waals surface area (Å²) in [6, 6.07) is 7.01. The minimum absolute atomic E-state index is 0.213. The van der Waals surface area contributed by atoms with Gasteiger partial charge in [-0.2, -0.15) is 18.3 Å². The van der Waals surface area contributed by atoms with Gasteiger partial charge in [-0.05, 0) is 31.2 Å². The van der Waals surface area contributed by atoms with Crippen LogP contribution in [0.4, 0.5) is 13.2 Å². The normalized spacial score (nSPS) is 11.3. The van der Waals surface area contributed by atoms with E-state index >= 15 is 0 Å². The average Bonchev–Trinajstić information content (AvgIpc) is 2.86. The Balaban J connectivity index is 2.11. The molecule has 6 nitrogen and oxygen atoms in total. The van der Waals surface area contributed by atoms with Gasteiger partial charge in [0, 0.05) is 11.3 Å². The zero-order valence-electron chi connectivity index (χ0n) is 11.5. The first-order valence-corrected chi connectivity index (χ1v) is 6.16. The number of hydrogen-bond acceptors (Lipinski definition) is 4. The Kier molecular flexibility index (Phi) is 4.36. The van der Waals surface area contributed by atoms with E-state index in [-0.39, 0.29) is 12.3 Å². The third-order valence-corrected chi connectivity index (χ3v) is 2.85. The predicted octanol–water partition coefficient (Wildman–Crippen LogP) is 1.85. The van der Waals surface area contributed by atoms with E-state index < -0.39 is 17.8 Å². The quantitative estimate of drug-likeness (QED) is 0.512. The van der Waals surface area contributed by atoms with Crippen LogP contribution < -0.4 is 16.0 Å². The van der Waals surface area contributed by atoms with Gasteiger partial charge in [0.05, 0.1) is 0 Å². The van der Waals surface area contributed by atoms with E-state index in [0.29, 0.717) is 11.4 Å². The molecule has 1 aromatic heterocycles. The summed E-state index contributed by atoms with van der Waals surface area (Å²) in [6.07, 6.45) is -4.50. The Morgan fingerprint density at radius 2 is 2.14 bits per heavy atom. The highest BCUT2D eigenvalue weighted by molar-refractivity contribution is 5.94. The number of carbonyl (C=O) groups excluding carboxylic acids is 1. The highest BCUT2D eigenvalue weighted by atomic mass is 19.4. The standard InChI is InChI=1S/C13H13F3N4O2/c1-8-5-11(13(14,15)16)19-20(8)7-22-10-4-2-3-9(6-10)12(21)18-17/h2-6H,7,17H2,1H3,(H,18,21). The molecule has 22 heavy (non-hydrogen) atoms. The van der Waals surface area contributed by atoms with Crippen molar-refractivity contribution < 1.29 is 22.7 Å². The molecule has 3 N–H and O–H groups in total. The molecule has 1 aromatic carbocycles. The summed E-state index contributed by atoms with van der Waals surface area (Å²) in [5.41, 5.74) is 1.57. The summed E-state index contributed by atoms with van der Waals surface area (Å²) in [5, 5.41) is 3.44. The number of amides is 1. The molecule has 0 saturated heterocycles. The second kappa shape index (κ2) is 6.06. The van der Waals surface area contributed by atoms with Gasteiger partial charge in [-0.1, -0.05) is 6.07 Å². The predicted molar refractivity (Wildman–Crippen MR) is 70.7 cm³/mol. The Morgan fingerprint density at radius 1 is 1.41 bits per heavy atom. The van der Waals surface area contributed by atoms with Crippen molar-refractivity contribution in [2.24, 2.45) is 5.84 Å². The van der Waals surface area contributed by atoms with E-state index in [1.807, 2.05) is 5.43 Å². The fraction of sp³-hybridized carbons (Fsp3) is 0.231. The van der Waals surface area contributed by atoms with Crippen LogP contribution in [0.1, 0.15) is 21.7 Å². The molecule has 9 heteroatoms. The number of nitrogens with one attached hydrogen (secondary N) is 1. The van der Waals surface area contributed by atoms with Gasteiger partial charge >= 0.3 is 6.18 Å². The molecule has 0 aliphatic heterocycles. The number of nitrogen functional groups attached to an aromatic ring is 1. The van der Waals surface area contributed by atoms with Crippen LogP contribution in [-0.4, -0.2) is 15.7 Å². The number of rotatable bonds is 4. The lowest BCUT2D eigenvalue weighted by Gasteiger charge is -2.09. The van der Waals surface area contributed by atoms with Gasteiger partial charge in [0.25, 0.3) is 5.91 Å². The maximum Gasteiger partial charge on any atom is 0.435 e. The second-order valence-corrected chi connectivity index (χ2v) is 4.44. The SMILES string of the molecule is Cc1cc(C(F)(F)F)nn1COc1cccc(C(=O)NN)c1. The molecule has 0 saturated carbocycles. The lowest BCUT2D eigenvalue weighted by Crippen LogP contribution is -2.29. The first-order valence-electron chi connectivity index (χ1n) is 6.16. The summed E-state index contributed by atoms with van der Waals surface area (Å²) < 4.78 is 44.1. The van der Waals surface area contributed by atoms with Crippen molar-refractivity contribution in [2.75, 3.05) is 0 Å². The third kappa shape index (κ3) is 3.55. The molecule has 1 heterocycles. The molecule has 2 rings (SSSR count). The maximum absolute atomic E-state index is 12.6. The summed E-state index contributed by atoms with van der Waals surface area (Å²) in [6.45, 7) is 1.28. The minimum atomic E-state index is -4.50. The number of hydrazine groups is 1. The smallest absolute Gasteiger partial charge is 0.435 e. The average molecular weight is 314 g/mol. The Bertz CT molecular complexity index is 682. The molecule has 1 amide bonds.